The van der Waals surface area contributed by atoms with E-state index in [1.807, 2.05) is 6.92 Å². The van der Waals surface area contributed by atoms with Crippen LogP contribution in [-0.2, 0) is 13.1 Å². The SMILES string of the molecule is CCNC(=NCc1ccccc1OC(F)F)NCc1cccc(OC)c1O.I. The van der Waals surface area contributed by atoms with Gasteiger partial charge in [0.25, 0.3) is 0 Å². The molecular formula is C19H24F2IN3O3. The first-order chi connectivity index (χ1) is 13.0. The minimum atomic E-state index is -2.89. The molecule has 0 aromatic heterocycles. The number of benzene rings is 2. The van der Waals surface area contributed by atoms with Crippen molar-refractivity contribution < 1.29 is 23.4 Å². The number of phenols is 1. The fourth-order valence-corrected chi connectivity index (χ4v) is 2.41. The second-order valence-electron chi connectivity index (χ2n) is 5.50. The Morgan fingerprint density at radius 3 is 2.43 bits per heavy atom. The highest BCUT2D eigenvalue weighted by molar-refractivity contribution is 14.0. The van der Waals surface area contributed by atoms with Crippen molar-refractivity contribution in [3.63, 3.8) is 0 Å². The number of alkyl halides is 2. The fourth-order valence-electron chi connectivity index (χ4n) is 2.41. The van der Waals surface area contributed by atoms with E-state index in [9.17, 15) is 13.9 Å². The number of rotatable bonds is 8. The lowest BCUT2D eigenvalue weighted by molar-refractivity contribution is -0.0504. The summed E-state index contributed by atoms with van der Waals surface area (Å²) in [6.45, 7) is 0.100. The predicted molar refractivity (Wildman–Crippen MR) is 115 cm³/mol. The molecule has 0 spiro atoms. The second kappa shape index (κ2) is 12.2. The molecule has 0 bridgehead atoms. The third kappa shape index (κ3) is 7.02. The van der Waals surface area contributed by atoms with E-state index in [4.69, 9.17) is 4.74 Å². The summed E-state index contributed by atoms with van der Waals surface area (Å²) in [5.41, 5.74) is 1.18. The van der Waals surface area contributed by atoms with Crippen LogP contribution in [0.1, 0.15) is 18.1 Å². The van der Waals surface area contributed by atoms with Crippen LogP contribution in [0.25, 0.3) is 0 Å². The number of nitrogens with zero attached hydrogens (tertiary/aromatic N) is 1. The molecule has 0 radical (unpaired) electrons. The highest BCUT2D eigenvalue weighted by Crippen LogP contribution is 2.29. The third-order valence-electron chi connectivity index (χ3n) is 3.69. The van der Waals surface area contributed by atoms with Gasteiger partial charge in [0, 0.05) is 24.2 Å². The number of halogens is 3. The monoisotopic (exact) mass is 507 g/mol. The van der Waals surface area contributed by atoms with E-state index < -0.39 is 6.61 Å². The van der Waals surface area contributed by atoms with Gasteiger partial charge in [-0.1, -0.05) is 30.3 Å². The minimum absolute atomic E-state index is 0. The van der Waals surface area contributed by atoms with Crippen molar-refractivity contribution in [3.05, 3.63) is 53.6 Å². The maximum atomic E-state index is 12.5. The van der Waals surface area contributed by atoms with Gasteiger partial charge in [0.2, 0.25) is 0 Å². The molecule has 3 N–H and O–H groups in total. The van der Waals surface area contributed by atoms with E-state index in [0.29, 0.717) is 35.9 Å². The number of guanidine groups is 1. The van der Waals surface area contributed by atoms with Crippen LogP contribution < -0.4 is 20.1 Å². The molecule has 0 saturated heterocycles. The second-order valence-corrected chi connectivity index (χ2v) is 5.50. The predicted octanol–water partition coefficient (Wildman–Crippen LogP) is 3.88. The molecule has 2 aromatic rings. The summed E-state index contributed by atoms with van der Waals surface area (Å²) in [5, 5.41) is 16.3. The lowest BCUT2D eigenvalue weighted by Crippen LogP contribution is -2.36. The van der Waals surface area contributed by atoms with Gasteiger partial charge in [-0.25, -0.2) is 4.99 Å². The number of aromatic hydroxyl groups is 1. The van der Waals surface area contributed by atoms with E-state index in [0.717, 1.165) is 0 Å². The molecule has 28 heavy (non-hydrogen) atoms. The zero-order chi connectivity index (χ0) is 19.6. The Bertz CT molecular complexity index is 776. The van der Waals surface area contributed by atoms with E-state index >= 15 is 0 Å². The van der Waals surface area contributed by atoms with Crippen LogP contribution in [0.4, 0.5) is 8.78 Å². The molecule has 6 nitrogen and oxygen atoms in total. The molecule has 0 unspecified atom stereocenters. The molecule has 0 atom stereocenters. The summed E-state index contributed by atoms with van der Waals surface area (Å²) in [5.74, 6) is 1.01. The van der Waals surface area contributed by atoms with Gasteiger partial charge >= 0.3 is 6.61 Å². The Morgan fingerprint density at radius 1 is 1.07 bits per heavy atom. The summed E-state index contributed by atoms with van der Waals surface area (Å²) < 4.78 is 34.6. The van der Waals surface area contributed by atoms with Crippen molar-refractivity contribution in [1.82, 2.24) is 10.6 Å². The Balaban J connectivity index is 0.00000392. The first-order valence-electron chi connectivity index (χ1n) is 8.44. The van der Waals surface area contributed by atoms with Crippen LogP contribution in [-0.4, -0.2) is 31.3 Å². The number of ether oxygens (including phenoxy) is 2. The van der Waals surface area contributed by atoms with Crippen molar-refractivity contribution in [2.24, 2.45) is 4.99 Å². The standard InChI is InChI=1S/C19H23F2N3O3.HI/c1-3-22-19(24-12-14-8-6-10-16(26-2)17(14)25)23-11-13-7-4-5-9-15(13)27-18(20)21;/h4-10,18,25H,3,11-12H2,1-2H3,(H2,22,23,24);1H. The van der Waals surface area contributed by atoms with Crippen LogP contribution in [0.15, 0.2) is 47.5 Å². The van der Waals surface area contributed by atoms with Gasteiger partial charge in [-0.05, 0) is 19.1 Å². The van der Waals surface area contributed by atoms with E-state index in [-0.39, 0.29) is 42.0 Å². The van der Waals surface area contributed by atoms with Crippen molar-refractivity contribution in [1.29, 1.82) is 0 Å². The lowest BCUT2D eigenvalue weighted by atomic mass is 10.2. The Kier molecular flexibility index (Phi) is 10.4. The molecule has 154 valence electrons. The van der Waals surface area contributed by atoms with Crippen molar-refractivity contribution >= 4 is 29.9 Å². The number of para-hydroxylation sites is 2. The molecule has 2 rings (SSSR count). The van der Waals surface area contributed by atoms with E-state index in [1.165, 1.54) is 13.2 Å². The van der Waals surface area contributed by atoms with Crippen LogP contribution in [0.3, 0.4) is 0 Å². The van der Waals surface area contributed by atoms with Crippen LogP contribution in [0, 0.1) is 0 Å². The van der Waals surface area contributed by atoms with Crippen LogP contribution in [0.5, 0.6) is 17.2 Å². The molecule has 0 amide bonds. The summed E-state index contributed by atoms with van der Waals surface area (Å²) in [4.78, 5) is 4.40. The largest absolute Gasteiger partial charge is 0.504 e. The number of nitrogens with one attached hydrogen (secondary N) is 2. The molecule has 0 heterocycles. The van der Waals surface area contributed by atoms with Gasteiger partial charge in [0.05, 0.1) is 13.7 Å². The number of hydrogen-bond acceptors (Lipinski definition) is 4. The zero-order valence-electron chi connectivity index (χ0n) is 15.6. The highest BCUT2D eigenvalue weighted by atomic mass is 127. The normalized spacial score (nSPS) is 11.0. The molecule has 0 saturated carbocycles. The number of aliphatic imine (C=N–C) groups is 1. The summed E-state index contributed by atoms with van der Waals surface area (Å²) in [7, 11) is 1.48. The fraction of sp³-hybridized carbons (Fsp3) is 0.316. The average Bonchev–Trinajstić information content (AvgIpc) is 2.65. The van der Waals surface area contributed by atoms with Crippen molar-refractivity contribution in [2.75, 3.05) is 13.7 Å². The molecule has 0 aliphatic rings. The number of phenolic OH excluding ortho intramolecular Hbond substituents is 1. The average molecular weight is 507 g/mol. The van der Waals surface area contributed by atoms with Crippen LogP contribution >= 0.6 is 24.0 Å². The molecule has 9 heteroatoms. The van der Waals surface area contributed by atoms with Gasteiger partial charge in [-0.3, -0.25) is 0 Å². The Morgan fingerprint density at radius 2 is 1.75 bits per heavy atom. The molecule has 0 fully saturated rings. The zero-order valence-corrected chi connectivity index (χ0v) is 17.9. The maximum Gasteiger partial charge on any atom is 0.387 e. The topological polar surface area (TPSA) is 75.1 Å². The Hall–Kier alpha value is -2.30. The molecule has 2 aromatic carbocycles. The summed E-state index contributed by atoms with van der Waals surface area (Å²) in [6.07, 6.45) is 0. The van der Waals surface area contributed by atoms with Gasteiger partial charge in [0.1, 0.15) is 5.75 Å². The van der Waals surface area contributed by atoms with Crippen molar-refractivity contribution in [3.8, 4) is 17.2 Å². The maximum absolute atomic E-state index is 12.5. The minimum Gasteiger partial charge on any atom is -0.504 e. The van der Waals surface area contributed by atoms with Gasteiger partial charge in [-0.2, -0.15) is 8.78 Å². The molecule has 0 aliphatic carbocycles. The van der Waals surface area contributed by atoms with Gasteiger partial charge in [0.15, 0.2) is 17.5 Å². The smallest absolute Gasteiger partial charge is 0.387 e. The summed E-state index contributed by atoms with van der Waals surface area (Å²) >= 11 is 0. The van der Waals surface area contributed by atoms with Gasteiger partial charge in [-0.15, -0.1) is 24.0 Å². The molecule has 0 aliphatic heterocycles. The van der Waals surface area contributed by atoms with Crippen molar-refractivity contribution in [2.45, 2.75) is 26.6 Å². The molecular weight excluding hydrogens is 483 g/mol. The van der Waals surface area contributed by atoms with Crippen LogP contribution in [0.2, 0.25) is 0 Å². The lowest BCUT2D eigenvalue weighted by Gasteiger charge is -2.14. The summed E-state index contributed by atoms with van der Waals surface area (Å²) in [6, 6.07) is 11.7. The number of hydrogen-bond donors (Lipinski definition) is 3. The third-order valence-corrected chi connectivity index (χ3v) is 3.69. The van der Waals surface area contributed by atoms with E-state index in [1.54, 1.807) is 36.4 Å². The highest BCUT2D eigenvalue weighted by Gasteiger charge is 2.10. The quantitative estimate of drug-likeness (QED) is 0.288. The first-order valence-corrected chi connectivity index (χ1v) is 8.44. The van der Waals surface area contributed by atoms with E-state index in [2.05, 4.69) is 20.4 Å². The first kappa shape index (κ1) is 23.7. The van der Waals surface area contributed by atoms with Gasteiger partial charge < -0.3 is 25.2 Å². The Labute approximate surface area is 180 Å². The number of methoxy groups -OCH3 is 1.